The number of nitro benzene ring substituents is 1. The van der Waals surface area contributed by atoms with E-state index in [9.17, 15) is 24.8 Å². The van der Waals surface area contributed by atoms with Crippen LogP contribution in [0.2, 0.25) is 0 Å². The average Bonchev–Trinajstić information content (AvgIpc) is 3.42. The number of benzene rings is 3. The van der Waals surface area contributed by atoms with Gasteiger partial charge in [-0.2, -0.15) is 0 Å². The smallest absolute Gasteiger partial charge is 0.286 e. The first kappa shape index (κ1) is 29.5. The zero-order chi connectivity index (χ0) is 30.3. The highest BCUT2D eigenvalue weighted by atomic mass is 16.7. The molecule has 0 saturated carbocycles. The summed E-state index contributed by atoms with van der Waals surface area (Å²) in [4.78, 5) is 36.0. The summed E-state index contributed by atoms with van der Waals surface area (Å²) in [7, 11) is 0. The zero-order valence-electron chi connectivity index (χ0n) is 23.6. The molecule has 11 nitrogen and oxygen atoms in total. The van der Waals surface area contributed by atoms with Gasteiger partial charge in [0.2, 0.25) is 12.2 Å². The summed E-state index contributed by atoms with van der Waals surface area (Å²) in [6, 6.07) is 21.0. The molecule has 0 aliphatic carbocycles. The number of aliphatic hydroxyl groups excluding tert-OH is 1. The number of non-ortho nitro benzene ring substituents is 1. The number of allylic oxidation sites excluding steroid dienone is 1. The van der Waals surface area contributed by atoms with Crippen LogP contribution in [0.1, 0.15) is 40.7 Å². The number of nitrogens with zero attached hydrogens (tertiary/aromatic N) is 2. The first-order chi connectivity index (χ1) is 20.8. The third kappa shape index (κ3) is 7.08. The molecule has 11 heteroatoms. The largest absolute Gasteiger partial charge is 0.459 e. The molecule has 2 atom stereocenters. The molecule has 5 rings (SSSR count). The monoisotopic (exact) mass is 584 g/mol. The van der Waals surface area contributed by atoms with Gasteiger partial charge in [0, 0.05) is 61.8 Å². The molecule has 3 N–H and O–H groups in total. The van der Waals surface area contributed by atoms with Crippen LogP contribution in [0.4, 0.5) is 11.4 Å². The molecule has 0 saturated heterocycles. The fourth-order valence-corrected chi connectivity index (χ4v) is 5.00. The highest BCUT2D eigenvalue weighted by Crippen LogP contribution is 2.36. The van der Waals surface area contributed by atoms with Gasteiger partial charge in [0.25, 0.3) is 11.6 Å². The number of hydrogen-bond donors (Lipinski definition) is 3. The van der Waals surface area contributed by atoms with Crippen LogP contribution < -0.4 is 10.6 Å². The van der Waals surface area contributed by atoms with E-state index < -0.39 is 17.1 Å². The number of anilines is 1. The second-order valence-corrected chi connectivity index (χ2v) is 10.2. The molecule has 1 amide bonds. The molecule has 1 aliphatic heterocycles. The van der Waals surface area contributed by atoms with E-state index in [1.165, 1.54) is 19.1 Å². The highest BCUT2D eigenvalue weighted by Gasteiger charge is 2.30. The van der Waals surface area contributed by atoms with Gasteiger partial charge in [-0.15, -0.1) is 0 Å². The summed E-state index contributed by atoms with van der Waals surface area (Å²) >= 11 is 0. The first-order valence-corrected chi connectivity index (χ1v) is 13.9. The lowest BCUT2D eigenvalue weighted by Gasteiger charge is -2.29. The van der Waals surface area contributed by atoms with E-state index in [4.69, 9.17) is 9.47 Å². The summed E-state index contributed by atoms with van der Waals surface area (Å²) in [6.45, 7) is 2.36. The summed E-state index contributed by atoms with van der Waals surface area (Å²) in [5.74, 6) is -0.672. The van der Waals surface area contributed by atoms with Crippen LogP contribution in [-0.2, 0) is 27.5 Å². The van der Waals surface area contributed by atoms with Crippen LogP contribution in [-0.4, -0.2) is 45.8 Å². The number of para-hydroxylation sites is 1. The molecule has 2 heterocycles. The second-order valence-electron chi connectivity index (χ2n) is 10.2. The minimum atomic E-state index is -0.731. The van der Waals surface area contributed by atoms with E-state index in [0.717, 1.165) is 27.6 Å². The topological polar surface area (TPSA) is 145 Å². The number of hydrogen-bond acceptors (Lipinski definition) is 8. The van der Waals surface area contributed by atoms with Crippen molar-refractivity contribution in [3.8, 4) is 0 Å². The van der Waals surface area contributed by atoms with E-state index in [2.05, 4.69) is 10.6 Å². The van der Waals surface area contributed by atoms with Crippen molar-refractivity contribution < 1.29 is 29.1 Å². The number of carbonyl (C=O) groups is 2. The maximum Gasteiger partial charge on any atom is 0.286 e. The lowest BCUT2D eigenvalue weighted by Crippen LogP contribution is -2.35. The van der Waals surface area contributed by atoms with Crippen molar-refractivity contribution in [3.05, 3.63) is 118 Å². The Morgan fingerprint density at radius 3 is 2.47 bits per heavy atom. The minimum absolute atomic E-state index is 0.000151. The molecule has 0 bridgehead atoms. The normalized spacial score (nSPS) is 16.3. The molecule has 0 fully saturated rings. The van der Waals surface area contributed by atoms with Gasteiger partial charge in [0.05, 0.1) is 23.7 Å². The molecule has 3 aromatic carbocycles. The van der Waals surface area contributed by atoms with Crippen molar-refractivity contribution in [2.45, 2.75) is 38.8 Å². The highest BCUT2D eigenvalue weighted by molar-refractivity contribution is 5.95. The first-order valence-electron chi connectivity index (χ1n) is 13.9. The Labute approximate surface area is 247 Å². The number of ether oxygens (including phenoxy) is 2. The predicted molar refractivity (Wildman–Crippen MR) is 160 cm³/mol. The van der Waals surface area contributed by atoms with E-state index in [0.29, 0.717) is 18.7 Å². The Kier molecular flexibility index (Phi) is 9.14. The third-order valence-corrected chi connectivity index (χ3v) is 7.22. The van der Waals surface area contributed by atoms with Gasteiger partial charge in [-0.05, 0) is 41.0 Å². The van der Waals surface area contributed by atoms with E-state index in [1.807, 2.05) is 54.7 Å². The number of aromatic nitrogens is 1. The quantitative estimate of drug-likeness (QED) is 0.129. The fourth-order valence-electron chi connectivity index (χ4n) is 5.00. The van der Waals surface area contributed by atoms with Gasteiger partial charge < -0.3 is 25.2 Å². The number of rotatable bonds is 11. The molecule has 0 radical (unpaired) electrons. The maximum absolute atomic E-state index is 13.2. The molecule has 1 aromatic heterocycles. The number of nitro groups is 1. The number of amides is 1. The molecule has 222 valence electrons. The molecule has 43 heavy (non-hydrogen) atoms. The van der Waals surface area contributed by atoms with Crippen LogP contribution in [0.25, 0.3) is 10.9 Å². The van der Waals surface area contributed by atoms with Crippen molar-refractivity contribution >= 4 is 34.1 Å². The molecular formula is C32H32N4O7. The van der Waals surface area contributed by atoms with Crippen molar-refractivity contribution in [1.29, 1.82) is 0 Å². The average molecular weight is 585 g/mol. The van der Waals surface area contributed by atoms with Crippen LogP contribution in [0.15, 0.2) is 90.8 Å². The predicted octanol–water partition coefficient (Wildman–Crippen LogP) is 4.86. The second kappa shape index (κ2) is 13.3. The van der Waals surface area contributed by atoms with Crippen LogP contribution in [0.5, 0.6) is 0 Å². The lowest BCUT2D eigenvalue weighted by atomic mass is 9.92. The number of carbonyl (C=O) groups excluding carboxylic acids is 2. The number of nitrogens with one attached hydrogen (secondary N) is 2. The van der Waals surface area contributed by atoms with E-state index in [-0.39, 0.29) is 43.0 Å². The fraction of sp³-hybridized carbons (Fsp3) is 0.250. The van der Waals surface area contributed by atoms with Gasteiger partial charge in [0.1, 0.15) is 0 Å². The van der Waals surface area contributed by atoms with Crippen molar-refractivity contribution in [1.82, 2.24) is 9.88 Å². The van der Waals surface area contributed by atoms with Gasteiger partial charge in [-0.3, -0.25) is 24.3 Å². The maximum atomic E-state index is 13.2. The van der Waals surface area contributed by atoms with Crippen LogP contribution >= 0.6 is 0 Å². The Balaban J connectivity index is 1.31. The number of fused-ring (bicyclic) bond motifs is 1. The molecule has 0 unspecified atom stereocenters. The Hall–Kier alpha value is -5.00. The third-order valence-electron chi connectivity index (χ3n) is 7.22. The Morgan fingerprint density at radius 2 is 1.77 bits per heavy atom. The standard InChI is InChI=1S/C32H32N4O7/c1-21(38)35-18-28(27-4-2-3-5-29(27)35)24-16-30(43-31(17-24)42-20-23-8-6-22(19-37)7-9-23)32(39)34-15-14-33-25-10-12-26(13-11-25)36(40)41/h2-13,16,18,24,31,33,37H,14-15,17,19-20H2,1H3,(H,34,39)/t24-,31+/m0/s1. The zero-order valence-corrected chi connectivity index (χ0v) is 23.6. The number of aliphatic hydroxyl groups is 1. The SMILES string of the molecule is CC(=O)n1cc([C@H]2C=C(C(=O)NCCNc3ccc([N+](=O)[O-])cc3)O[C@@H](OCc3ccc(CO)cc3)C2)c2ccccc21. The summed E-state index contributed by atoms with van der Waals surface area (Å²) in [5.41, 5.74) is 4.05. The molecule has 4 aromatic rings. The van der Waals surface area contributed by atoms with Gasteiger partial charge in [0.15, 0.2) is 5.76 Å². The van der Waals surface area contributed by atoms with Gasteiger partial charge >= 0.3 is 0 Å². The van der Waals surface area contributed by atoms with Crippen molar-refractivity contribution in [2.24, 2.45) is 0 Å². The van der Waals surface area contributed by atoms with Crippen molar-refractivity contribution in [3.63, 3.8) is 0 Å². The Bertz CT molecular complexity index is 1640. The van der Waals surface area contributed by atoms with Gasteiger partial charge in [-0.1, -0.05) is 42.5 Å². The lowest BCUT2D eigenvalue weighted by molar-refractivity contribution is -0.384. The molecule has 1 aliphatic rings. The van der Waals surface area contributed by atoms with E-state index in [1.54, 1.807) is 22.8 Å². The minimum Gasteiger partial charge on any atom is -0.459 e. The summed E-state index contributed by atoms with van der Waals surface area (Å²) < 4.78 is 13.7. The van der Waals surface area contributed by atoms with Crippen LogP contribution in [0.3, 0.4) is 0 Å². The van der Waals surface area contributed by atoms with Gasteiger partial charge in [-0.25, -0.2) is 0 Å². The van der Waals surface area contributed by atoms with E-state index >= 15 is 0 Å². The summed E-state index contributed by atoms with van der Waals surface area (Å²) in [5, 5.41) is 27.0. The summed E-state index contributed by atoms with van der Waals surface area (Å²) in [6.07, 6.45) is 3.28. The molecular weight excluding hydrogens is 552 g/mol. The molecule has 0 spiro atoms. The van der Waals surface area contributed by atoms with Crippen LogP contribution in [0, 0.1) is 10.1 Å². The Morgan fingerprint density at radius 1 is 1.05 bits per heavy atom. The van der Waals surface area contributed by atoms with Crippen molar-refractivity contribution in [2.75, 3.05) is 18.4 Å².